The Morgan fingerprint density at radius 3 is 2.22 bits per heavy atom. The third kappa shape index (κ3) is 5.48. The minimum atomic E-state index is -0.169. The molecule has 0 spiro atoms. The van der Waals surface area contributed by atoms with E-state index in [0.29, 0.717) is 17.2 Å². The molecule has 0 saturated carbocycles. The first-order chi connectivity index (χ1) is 12.8. The highest BCUT2D eigenvalue weighted by Gasteiger charge is 2.18. The fraction of sp³-hybridized carbons (Fsp3) is 0.333. The Labute approximate surface area is 160 Å². The Bertz CT molecular complexity index is 813. The van der Waals surface area contributed by atoms with Gasteiger partial charge in [-0.15, -0.1) is 0 Å². The smallest absolute Gasteiger partial charge is 0.226 e. The highest BCUT2D eigenvalue weighted by molar-refractivity contribution is 5.96. The molecule has 27 heavy (non-hydrogen) atoms. The van der Waals surface area contributed by atoms with Crippen molar-refractivity contribution < 1.29 is 19.1 Å². The number of hydrogen-bond acceptors (Lipinski definition) is 4. The van der Waals surface area contributed by atoms with Crippen molar-refractivity contribution in [2.24, 2.45) is 0 Å². The number of hydrogen-bond donors (Lipinski definition) is 1. The molecule has 0 bridgehead atoms. The standard InChI is InChI=1S/C21H26N2O4/c1-14-10-15(2)12-17(11-14)22-21(25)8-9-23(16(3)24)19-7-6-18(26-4)13-20(19)27-5/h6-7,10-13H,8-9H2,1-5H3,(H,22,25). The minimum absolute atomic E-state index is 0.154. The minimum Gasteiger partial charge on any atom is -0.497 e. The predicted octanol–water partition coefficient (Wildman–Crippen LogP) is 3.70. The van der Waals surface area contributed by atoms with Crippen molar-refractivity contribution in [3.8, 4) is 11.5 Å². The molecule has 0 atom stereocenters. The number of amides is 2. The van der Waals surface area contributed by atoms with Crippen LogP contribution in [0.3, 0.4) is 0 Å². The zero-order valence-electron chi connectivity index (χ0n) is 16.5. The van der Waals surface area contributed by atoms with E-state index in [1.165, 1.54) is 18.9 Å². The van der Waals surface area contributed by atoms with Gasteiger partial charge in [0.2, 0.25) is 11.8 Å². The molecule has 0 aliphatic heterocycles. The van der Waals surface area contributed by atoms with Gasteiger partial charge in [0.15, 0.2) is 0 Å². The number of nitrogens with zero attached hydrogens (tertiary/aromatic N) is 1. The van der Waals surface area contributed by atoms with Crippen LogP contribution in [-0.4, -0.2) is 32.6 Å². The molecule has 2 aromatic rings. The maximum atomic E-state index is 12.3. The number of methoxy groups -OCH3 is 2. The van der Waals surface area contributed by atoms with Crippen LogP contribution in [0.4, 0.5) is 11.4 Å². The second kappa shape index (κ2) is 9.07. The highest BCUT2D eigenvalue weighted by Crippen LogP contribution is 2.32. The summed E-state index contributed by atoms with van der Waals surface area (Å²) < 4.78 is 10.6. The van der Waals surface area contributed by atoms with Gasteiger partial charge in [0.05, 0.1) is 19.9 Å². The van der Waals surface area contributed by atoms with Gasteiger partial charge in [0, 0.05) is 31.6 Å². The Balaban J connectivity index is 2.10. The molecule has 6 nitrogen and oxygen atoms in total. The number of rotatable bonds is 7. The molecule has 0 heterocycles. The second-order valence-corrected chi connectivity index (χ2v) is 6.38. The van der Waals surface area contributed by atoms with Gasteiger partial charge in [-0.05, 0) is 49.2 Å². The first-order valence-corrected chi connectivity index (χ1v) is 8.72. The number of aryl methyl sites for hydroxylation is 2. The fourth-order valence-electron chi connectivity index (χ4n) is 2.94. The predicted molar refractivity (Wildman–Crippen MR) is 107 cm³/mol. The molecule has 2 rings (SSSR count). The van der Waals surface area contributed by atoms with E-state index in [9.17, 15) is 9.59 Å². The molecule has 2 amide bonds. The largest absolute Gasteiger partial charge is 0.497 e. The van der Waals surface area contributed by atoms with Crippen molar-refractivity contribution >= 4 is 23.2 Å². The summed E-state index contributed by atoms with van der Waals surface area (Å²) in [5, 5.41) is 2.89. The molecule has 6 heteroatoms. The normalized spacial score (nSPS) is 10.3. The van der Waals surface area contributed by atoms with Gasteiger partial charge in [0.1, 0.15) is 11.5 Å². The van der Waals surface area contributed by atoms with E-state index in [-0.39, 0.29) is 24.8 Å². The van der Waals surface area contributed by atoms with Crippen molar-refractivity contribution in [1.82, 2.24) is 0 Å². The molecule has 0 unspecified atom stereocenters. The van der Waals surface area contributed by atoms with Crippen molar-refractivity contribution in [3.63, 3.8) is 0 Å². The maximum absolute atomic E-state index is 12.3. The molecule has 0 aromatic heterocycles. The van der Waals surface area contributed by atoms with E-state index in [1.54, 1.807) is 25.3 Å². The average molecular weight is 370 g/mol. The van der Waals surface area contributed by atoms with Crippen molar-refractivity contribution in [3.05, 3.63) is 47.5 Å². The van der Waals surface area contributed by atoms with Gasteiger partial charge in [-0.1, -0.05) is 6.07 Å². The van der Waals surface area contributed by atoms with Crippen LogP contribution in [-0.2, 0) is 9.59 Å². The Hall–Kier alpha value is -3.02. The lowest BCUT2D eigenvalue weighted by Crippen LogP contribution is -2.32. The maximum Gasteiger partial charge on any atom is 0.226 e. The number of carbonyl (C=O) groups is 2. The van der Waals surface area contributed by atoms with Crippen LogP contribution in [0.1, 0.15) is 24.5 Å². The number of nitrogens with one attached hydrogen (secondary N) is 1. The SMILES string of the molecule is COc1ccc(N(CCC(=O)Nc2cc(C)cc(C)c2)C(C)=O)c(OC)c1. The Kier molecular flexibility index (Phi) is 6.82. The van der Waals surface area contributed by atoms with Crippen LogP contribution in [0.5, 0.6) is 11.5 Å². The van der Waals surface area contributed by atoms with Crippen molar-refractivity contribution in [1.29, 1.82) is 0 Å². The van der Waals surface area contributed by atoms with Gasteiger partial charge in [-0.25, -0.2) is 0 Å². The molecular formula is C21H26N2O4. The average Bonchev–Trinajstić information content (AvgIpc) is 2.60. The van der Waals surface area contributed by atoms with Crippen LogP contribution in [0.15, 0.2) is 36.4 Å². The first kappa shape index (κ1) is 20.3. The van der Waals surface area contributed by atoms with Gasteiger partial charge in [0.25, 0.3) is 0 Å². The lowest BCUT2D eigenvalue weighted by molar-refractivity contribution is -0.117. The van der Waals surface area contributed by atoms with Crippen LogP contribution in [0.2, 0.25) is 0 Å². The summed E-state index contributed by atoms with van der Waals surface area (Å²) in [6, 6.07) is 11.1. The van der Waals surface area contributed by atoms with Gasteiger partial charge in [-0.2, -0.15) is 0 Å². The summed E-state index contributed by atoms with van der Waals surface area (Å²) in [4.78, 5) is 26.0. The van der Waals surface area contributed by atoms with E-state index >= 15 is 0 Å². The zero-order chi connectivity index (χ0) is 20.0. The third-order valence-electron chi connectivity index (χ3n) is 4.13. The summed E-state index contributed by atoms with van der Waals surface area (Å²) in [5.41, 5.74) is 3.52. The quantitative estimate of drug-likeness (QED) is 0.807. The summed E-state index contributed by atoms with van der Waals surface area (Å²) >= 11 is 0. The Morgan fingerprint density at radius 1 is 1.00 bits per heavy atom. The van der Waals surface area contributed by atoms with E-state index < -0.39 is 0 Å². The van der Waals surface area contributed by atoms with E-state index in [2.05, 4.69) is 5.32 Å². The number of ether oxygens (including phenoxy) is 2. The van der Waals surface area contributed by atoms with Crippen LogP contribution < -0.4 is 19.7 Å². The molecule has 0 aliphatic carbocycles. The van der Waals surface area contributed by atoms with Crippen LogP contribution in [0.25, 0.3) is 0 Å². The molecule has 0 aliphatic rings. The number of carbonyl (C=O) groups excluding carboxylic acids is 2. The molecule has 2 aromatic carbocycles. The lowest BCUT2D eigenvalue weighted by Gasteiger charge is -2.23. The third-order valence-corrected chi connectivity index (χ3v) is 4.13. The van der Waals surface area contributed by atoms with E-state index in [4.69, 9.17) is 9.47 Å². The van der Waals surface area contributed by atoms with Crippen LogP contribution in [0, 0.1) is 13.8 Å². The molecule has 0 fully saturated rings. The lowest BCUT2D eigenvalue weighted by atomic mass is 10.1. The van der Waals surface area contributed by atoms with Gasteiger partial charge >= 0.3 is 0 Å². The van der Waals surface area contributed by atoms with E-state index in [1.807, 2.05) is 32.0 Å². The topological polar surface area (TPSA) is 67.9 Å². The first-order valence-electron chi connectivity index (χ1n) is 8.72. The highest BCUT2D eigenvalue weighted by atomic mass is 16.5. The molecule has 144 valence electrons. The zero-order valence-corrected chi connectivity index (χ0v) is 16.5. The molecule has 0 radical (unpaired) electrons. The van der Waals surface area contributed by atoms with E-state index in [0.717, 1.165) is 16.8 Å². The number of benzene rings is 2. The van der Waals surface area contributed by atoms with Crippen molar-refractivity contribution in [2.45, 2.75) is 27.2 Å². The summed E-state index contributed by atoms with van der Waals surface area (Å²) in [5.74, 6) is 0.822. The molecular weight excluding hydrogens is 344 g/mol. The Morgan fingerprint density at radius 2 is 1.67 bits per heavy atom. The van der Waals surface area contributed by atoms with Crippen LogP contribution >= 0.6 is 0 Å². The second-order valence-electron chi connectivity index (χ2n) is 6.38. The summed E-state index contributed by atoms with van der Waals surface area (Å²) in [6.07, 6.45) is 0.168. The number of anilines is 2. The van der Waals surface area contributed by atoms with Gasteiger partial charge < -0.3 is 19.7 Å². The summed E-state index contributed by atoms with van der Waals surface area (Å²) in [6.45, 7) is 5.67. The summed E-state index contributed by atoms with van der Waals surface area (Å²) in [7, 11) is 3.10. The molecule has 1 N–H and O–H groups in total. The monoisotopic (exact) mass is 370 g/mol. The van der Waals surface area contributed by atoms with Crippen molar-refractivity contribution in [2.75, 3.05) is 31.0 Å². The molecule has 0 saturated heterocycles. The van der Waals surface area contributed by atoms with Gasteiger partial charge in [-0.3, -0.25) is 9.59 Å². The fourth-order valence-corrected chi connectivity index (χ4v) is 2.94.